The first-order valence-corrected chi connectivity index (χ1v) is 10.4. The highest BCUT2D eigenvalue weighted by Crippen LogP contribution is 2.44. The summed E-state index contributed by atoms with van der Waals surface area (Å²) in [6.07, 6.45) is 1.72. The molecule has 4 aromatic rings. The van der Waals surface area contributed by atoms with Crippen LogP contribution in [0.25, 0.3) is 21.9 Å². The molecule has 1 aliphatic heterocycles. The van der Waals surface area contributed by atoms with E-state index < -0.39 is 0 Å². The van der Waals surface area contributed by atoms with Gasteiger partial charge in [-0.2, -0.15) is 0 Å². The summed E-state index contributed by atoms with van der Waals surface area (Å²) in [6, 6.07) is 22.7. The van der Waals surface area contributed by atoms with Gasteiger partial charge < -0.3 is 9.32 Å². The molecule has 0 N–H and O–H groups in total. The zero-order chi connectivity index (χ0) is 21.5. The maximum atomic E-state index is 6.37. The van der Waals surface area contributed by atoms with Crippen molar-refractivity contribution in [2.75, 3.05) is 9.80 Å². The lowest BCUT2D eigenvalue weighted by Crippen LogP contribution is -2.38. The molecule has 1 unspecified atom stereocenters. The average Bonchev–Trinajstić information content (AvgIpc) is 3.29. The molecule has 2 heterocycles. The maximum absolute atomic E-state index is 6.37. The monoisotopic (exact) mass is 408 g/mol. The van der Waals surface area contributed by atoms with Crippen LogP contribution in [0.2, 0.25) is 0 Å². The molecule has 5 heteroatoms. The van der Waals surface area contributed by atoms with Crippen molar-refractivity contribution < 1.29 is 4.42 Å². The standard InChI is InChI=1S/C26H24N4O/c1-5-28-26-25(27-4)30(18(3)29(26)19-11-7-6-8-12-19)23-17(2)15-16-21-20-13-9-10-14-22(20)31-24(21)23/h5-16,18H,4H2,1-3H3/b28-5-. The molecule has 0 saturated carbocycles. The molecule has 0 spiro atoms. The minimum absolute atomic E-state index is 0.0703. The van der Waals surface area contributed by atoms with E-state index in [1.54, 1.807) is 6.21 Å². The van der Waals surface area contributed by atoms with E-state index >= 15 is 0 Å². The summed E-state index contributed by atoms with van der Waals surface area (Å²) >= 11 is 0. The van der Waals surface area contributed by atoms with E-state index in [2.05, 4.69) is 70.7 Å². The number of rotatable bonds is 4. The molecule has 5 nitrogen and oxygen atoms in total. The van der Waals surface area contributed by atoms with Gasteiger partial charge in [0.25, 0.3) is 0 Å². The van der Waals surface area contributed by atoms with Gasteiger partial charge in [-0.3, -0.25) is 4.90 Å². The first-order chi connectivity index (χ1) is 15.2. The van der Waals surface area contributed by atoms with Gasteiger partial charge >= 0.3 is 0 Å². The molecule has 0 saturated heterocycles. The van der Waals surface area contributed by atoms with E-state index in [0.29, 0.717) is 5.82 Å². The minimum Gasteiger partial charge on any atom is -0.454 e. The first kappa shape index (κ1) is 19.1. The summed E-state index contributed by atoms with van der Waals surface area (Å²) in [4.78, 5) is 13.5. The number of hydrogen-bond acceptors (Lipinski definition) is 5. The maximum Gasteiger partial charge on any atom is 0.178 e. The van der Waals surface area contributed by atoms with Gasteiger partial charge in [0.15, 0.2) is 17.2 Å². The van der Waals surface area contributed by atoms with Crippen LogP contribution in [0.1, 0.15) is 19.4 Å². The topological polar surface area (TPSA) is 44.3 Å². The second-order valence-electron chi connectivity index (χ2n) is 7.61. The van der Waals surface area contributed by atoms with Crippen molar-refractivity contribution in [1.29, 1.82) is 0 Å². The summed E-state index contributed by atoms with van der Waals surface area (Å²) in [5.41, 5.74) is 4.87. The SMILES string of the molecule is C=NC1=C(/N=C\C)N(c2ccccc2)C(C)N1c1c(C)ccc2c1oc1ccccc12. The number of fused-ring (bicyclic) bond motifs is 3. The lowest BCUT2D eigenvalue weighted by molar-refractivity contribution is 0.659. The van der Waals surface area contributed by atoms with Crippen LogP contribution >= 0.6 is 0 Å². The Morgan fingerprint density at radius 2 is 1.65 bits per heavy atom. The molecule has 0 amide bonds. The fourth-order valence-corrected chi connectivity index (χ4v) is 4.47. The van der Waals surface area contributed by atoms with Crippen LogP contribution in [0.15, 0.2) is 92.8 Å². The van der Waals surface area contributed by atoms with E-state index in [-0.39, 0.29) is 6.17 Å². The van der Waals surface area contributed by atoms with Crippen LogP contribution in [0.4, 0.5) is 11.4 Å². The third-order valence-electron chi connectivity index (χ3n) is 5.80. The van der Waals surface area contributed by atoms with Gasteiger partial charge in [-0.05, 0) is 51.3 Å². The van der Waals surface area contributed by atoms with Crippen LogP contribution in [-0.4, -0.2) is 19.1 Å². The highest BCUT2D eigenvalue weighted by molar-refractivity contribution is 6.10. The van der Waals surface area contributed by atoms with Crippen LogP contribution in [-0.2, 0) is 0 Å². The van der Waals surface area contributed by atoms with Crippen molar-refractivity contribution in [3.05, 3.63) is 83.9 Å². The number of anilines is 2. The van der Waals surface area contributed by atoms with Gasteiger partial charge in [0.2, 0.25) is 0 Å². The van der Waals surface area contributed by atoms with Crippen molar-refractivity contribution >= 4 is 46.2 Å². The molecule has 0 aliphatic carbocycles. The van der Waals surface area contributed by atoms with Gasteiger partial charge in [0.1, 0.15) is 11.7 Å². The van der Waals surface area contributed by atoms with Gasteiger partial charge in [0.05, 0.1) is 5.69 Å². The Labute approximate surface area is 181 Å². The molecule has 0 bridgehead atoms. The Morgan fingerprint density at radius 1 is 0.903 bits per heavy atom. The zero-order valence-corrected chi connectivity index (χ0v) is 17.9. The molecule has 3 aromatic carbocycles. The Hall–Kier alpha value is -3.86. The molecule has 1 aliphatic rings. The lowest BCUT2D eigenvalue weighted by atomic mass is 10.1. The predicted molar refractivity (Wildman–Crippen MR) is 130 cm³/mol. The Morgan fingerprint density at radius 3 is 2.39 bits per heavy atom. The Bertz CT molecular complexity index is 1350. The molecule has 0 radical (unpaired) electrons. The van der Waals surface area contributed by atoms with Crippen LogP contribution in [0, 0.1) is 6.92 Å². The van der Waals surface area contributed by atoms with E-state index in [4.69, 9.17) is 4.42 Å². The fraction of sp³-hybridized carbons (Fsp3) is 0.154. The number of aryl methyl sites for hydroxylation is 1. The lowest BCUT2D eigenvalue weighted by Gasteiger charge is -2.31. The fourth-order valence-electron chi connectivity index (χ4n) is 4.47. The molecular weight excluding hydrogens is 384 g/mol. The molecule has 154 valence electrons. The highest BCUT2D eigenvalue weighted by atomic mass is 16.3. The van der Waals surface area contributed by atoms with Crippen molar-refractivity contribution in [2.45, 2.75) is 26.9 Å². The van der Waals surface area contributed by atoms with Crippen molar-refractivity contribution in [2.24, 2.45) is 9.98 Å². The number of benzene rings is 3. The summed E-state index contributed by atoms with van der Waals surface area (Å²) in [5.74, 6) is 1.48. The number of furan rings is 1. The number of hydrogen-bond donors (Lipinski definition) is 0. The number of para-hydroxylation sites is 2. The second kappa shape index (κ2) is 7.43. The first-order valence-electron chi connectivity index (χ1n) is 10.4. The highest BCUT2D eigenvalue weighted by Gasteiger charge is 2.39. The minimum atomic E-state index is -0.0703. The molecule has 5 rings (SSSR count). The molecular formula is C26H24N4O. The molecule has 0 fully saturated rings. The van der Waals surface area contributed by atoms with Crippen molar-refractivity contribution in [3.63, 3.8) is 0 Å². The quantitative estimate of drug-likeness (QED) is 0.363. The van der Waals surface area contributed by atoms with E-state index in [1.807, 2.05) is 43.3 Å². The summed E-state index contributed by atoms with van der Waals surface area (Å²) in [6.45, 7) is 10.0. The third kappa shape index (κ3) is 2.85. The third-order valence-corrected chi connectivity index (χ3v) is 5.80. The zero-order valence-electron chi connectivity index (χ0n) is 17.9. The summed E-state index contributed by atoms with van der Waals surface area (Å²) in [5, 5.41) is 2.19. The van der Waals surface area contributed by atoms with Crippen LogP contribution in [0.5, 0.6) is 0 Å². The van der Waals surface area contributed by atoms with Gasteiger partial charge in [-0.15, -0.1) is 0 Å². The normalized spacial score (nSPS) is 16.9. The van der Waals surface area contributed by atoms with E-state index in [0.717, 1.165) is 44.7 Å². The van der Waals surface area contributed by atoms with Gasteiger partial charge in [-0.1, -0.05) is 48.5 Å². The second-order valence-corrected chi connectivity index (χ2v) is 7.61. The average molecular weight is 409 g/mol. The molecule has 31 heavy (non-hydrogen) atoms. The van der Waals surface area contributed by atoms with Crippen molar-refractivity contribution in [1.82, 2.24) is 0 Å². The molecule has 1 atom stereocenters. The smallest absolute Gasteiger partial charge is 0.178 e. The van der Waals surface area contributed by atoms with E-state index in [1.165, 1.54) is 0 Å². The predicted octanol–water partition coefficient (Wildman–Crippen LogP) is 6.48. The van der Waals surface area contributed by atoms with Crippen molar-refractivity contribution in [3.8, 4) is 0 Å². The molecule has 1 aromatic heterocycles. The van der Waals surface area contributed by atoms with Gasteiger partial charge in [-0.25, -0.2) is 9.98 Å². The Kier molecular flexibility index (Phi) is 4.59. The van der Waals surface area contributed by atoms with Gasteiger partial charge in [0, 0.05) is 22.7 Å². The van der Waals surface area contributed by atoms with Crippen LogP contribution in [0.3, 0.4) is 0 Å². The summed E-state index contributed by atoms with van der Waals surface area (Å²) in [7, 11) is 0. The summed E-state index contributed by atoms with van der Waals surface area (Å²) < 4.78 is 6.37. The number of nitrogens with zero attached hydrogens (tertiary/aromatic N) is 4. The van der Waals surface area contributed by atoms with Crippen LogP contribution < -0.4 is 9.80 Å². The number of aliphatic imine (C=N–C) groups is 2. The largest absolute Gasteiger partial charge is 0.454 e. The Balaban J connectivity index is 1.79. The van der Waals surface area contributed by atoms with E-state index in [9.17, 15) is 0 Å².